The molecule has 1 aliphatic heterocycles. The molecular formula is C15H14N4. The minimum absolute atomic E-state index is 0.259. The summed E-state index contributed by atoms with van der Waals surface area (Å²) in [6.07, 6.45) is 8.07. The summed E-state index contributed by atoms with van der Waals surface area (Å²) in [5.74, 6) is 1.23. The summed E-state index contributed by atoms with van der Waals surface area (Å²) in [5, 5.41) is 0. The highest BCUT2D eigenvalue weighted by atomic mass is 15.5. The van der Waals surface area contributed by atoms with Crippen LogP contribution in [0.1, 0.15) is 12.6 Å². The van der Waals surface area contributed by atoms with E-state index in [1.54, 1.807) is 0 Å². The lowest BCUT2D eigenvalue weighted by molar-refractivity contribution is 0.345. The highest BCUT2D eigenvalue weighted by molar-refractivity contribution is 5.75. The van der Waals surface area contributed by atoms with Gasteiger partial charge in [-0.05, 0) is 30.2 Å². The molecule has 3 unspecified atom stereocenters. The monoisotopic (exact) mass is 250 g/mol. The van der Waals surface area contributed by atoms with E-state index in [1.807, 2.05) is 12.4 Å². The lowest BCUT2D eigenvalue weighted by Crippen LogP contribution is -2.28. The number of hydrogen-bond donors (Lipinski definition) is 2. The Morgan fingerprint density at radius 1 is 1.26 bits per heavy atom. The van der Waals surface area contributed by atoms with E-state index in [4.69, 9.17) is 0 Å². The first-order chi connectivity index (χ1) is 9.40. The molecule has 2 aromatic rings. The Labute approximate surface area is 110 Å². The summed E-state index contributed by atoms with van der Waals surface area (Å²) in [6, 6.07) is 8.30. The van der Waals surface area contributed by atoms with Crippen LogP contribution in [0.25, 0.3) is 11.0 Å². The third-order valence-corrected chi connectivity index (χ3v) is 4.47. The minimum Gasteiger partial charge on any atom is -0.323 e. The zero-order valence-corrected chi connectivity index (χ0v) is 10.4. The van der Waals surface area contributed by atoms with E-state index in [0.29, 0.717) is 11.8 Å². The van der Waals surface area contributed by atoms with Crippen LogP contribution in [-0.2, 0) is 0 Å². The van der Waals surface area contributed by atoms with Crippen LogP contribution in [0, 0.1) is 11.8 Å². The first-order valence-electron chi connectivity index (χ1n) is 6.76. The molecule has 1 fully saturated rings. The molecule has 94 valence electrons. The van der Waals surface area contributed by atoms with Crippen molar-refractivity contribution >= 4 is 11.0 Å². The molecule has 1 aromatic carbocycles. The zero-order valence-electron chi connectivity index (χ0n) is 10.4. The molecular weight excluding hydrogens is 236 g/mol. The number of rotatable bonds is 1. The molecule has 0 saturated carbocycles. The number of para-hydroxylation sites is 2. The summed E-state index contributed by atoms with van der Waals surface area (Å²) >= 11 is 0. The van der Waals surface area contributed by atoms with Gasteiger partial charge in [0.15, 0.2) is 0 Å². The van der Waals surface area contributed by atoms with Gasteiger partial charge in [-0.3, -0.25) is 0 Å². The molecule has 0 amide bonds. The van der Waals surface area contributed by atoms with Crippen molar-refractivity contribution < 1.29 is 0 Å². The minimum atomic E-state index is 0.259. The molecule has 4 heteroatoms. The Hall–Kier alpha value is -2.07. The van der Waals surface area contributed by atoms with E-state index >= 15 is 0 Å². The molecule has 1 saturated heterocycles. The predicted octanol–water partition coefficient (Wildman–Crippen LogP) is 2.10. The van der Waals surface area contributed by atoms with Crippen LogP contribution in [0.15, 0.2) is 54.0 Å². The van der Waals surface area contributed by atoms with Gasteiger partial charge in [-0.2, -0.15) is 0 Å². The van der Waals surface area contributed by atoms with E-state index in [1.165, 1.54) is 23.2 Å². The normalized spacial score (nSPS) is 31.3. The third-order valence-electron chi connectivity index (χ3n) is 4.47. The van der Waals surface area contributed by atoms with Crippen LogP contribution in [0.3, 0.4) is 0 Å². The standard InChI is InChI=1S/C15H14N4/c1-2-4-14-12(3-1)16-8-19(14)15-11-6-9-5-10(9)7-13(11)17-18-15/h1-5,7-9,11,15,17-18H,6H2. The second kappa shape index (κ2) is 3.27. The summed E-state index contributed by atoms with van der Waals surface area (Å²) in [6.45, 7) is 0. The first-order valence-corrected chi connectivity index (χ1v) is 6.76. The maximum Gasteiger partial charge on any atom is 0.111 e. The van der Waals surface area contributed by atoms with Gasteiger partial charge in [0, 0.05) is 17.5 Å². The van der Waals surface area contributed by atoms with Crippen LogP contribution in [0.2, 0.25) is 0 Å². The van der Waals surface area contributed by atoms with Crippen LogP contribution in [0.5, 0.6) is 0 Å². The van der Waals surface area contributed by atoms with Crippen LogP contribution >= 0.6 is 0 Å². The SMILES string of the molecule is C1=C2C=C3NNC(n4cnc5ccccc54)C3CC12. The fourth-order valence-corrected chi connectivity index (χ4v) is 3.38. The van der Waals surface area contributed by atoms with Gasteiger partial charge in [0.2, 0.25) is 0 Å². The molecule has 2 N–H and O–H groups in total. The van der Waals surface area contributed by atoms with E-state index in [0.717, 1.165) is 5.52 Å². The number of hydrogen-bond acceptors (Lipinski definition) is 3. The number of benzene rings is 1. The Bertz CT molecular complexity index is 739. The van der Waals surface area contributed by atoms with E-state index in [2.05, 4.69) is 50.8 Å². The molecule has 3 atom stereocenters. The average molecular weight is 250 g/mol. The molecule has 5 rings (SSSR count). The van der Waals surface area contributed by atoms with Crippen LogP contribution < -0.4 is 10.9 Å². The van der Waals surface area contributed by atoms with Crippen LogP contribution in [-0.4, -0.2) is 9.55 Å². The number of imidazole rings is 1. The smallest absolute Gasteiger partial charge is 0.111 e. The predicted molar refractivity (Wildman–Crippen MR) is 72.8 cm³/mol. The topological polar surface area (TPSA) is 41.9 Å². The number of aromatic nitrogens is 2. The molecule has 0 radical (unpaired) electrons. The van der Waals surface area contributed by atoms with Crippen molar-refractivity contribution in [3.8, 4) is 0 Å². The molecule has 19 heavy (non-hydrogen) atoms. The Kier molecular flexibility index (Phi) is 1.69. The molecule has 0 spiro atoms. The summed E-state index contributed by atoms with van der Waals surface area (Å²) < 4.78 is 2.25. The quantitative estimate of drug-likeness (QED) is 0.814. The number of allylic oxidation sites excluding steroid dienone is 3. The summed E-state index contributed by atoms with van der Waals surface area (Å²) in [4.78, 5) is 4.49. The van der Waals surface area contributed by atoms with Gasteiger partial charge < -0.3 is 9.99 Å². The molecule has 0 bridgehead atoms. The van der Waals surface area contributed by atoms with Crippen molar-refractivity contribution in [2.45, 2.75) is 12.6 Å². The zero-order chi connectivity index (χ0) is 12.4. The summed E-state index contributed by atoms with van der Waals surface area (Å²) in [7, 11) is 0. The maximum absolute atomic E-state index is 4.49. The fourth-order valence-electron chi connectivity index (χ4n) is 3.38. The van der Waals surface area contributed by atoms with Crippen molar-refractivity contribution in [2.24, 2.45) is 11.8 Å². The average Bonchev–Trinajstić information content (AvgIpc) is 2.88. The summed E-state index contributed by atoms with van der Waals surface area (Å²) in [5.41, 5.74) is 11.8. The lowest BCUT2D eigenvalue weighted by atomic mass is 9.90. The Balaban J connectivity index is 1.60. The van der Waals surface area contributed by atoms with Crippen molar-refractivity contribution in [2.75, 3.05) is 0 Å². The number of fused-ring (bicyclic) bond motifs is 3. The van der Waals surface area contributed by atoms with E-state index in [9.17, 15) is 0 Å². The Morgan fingerprint density at radius 3 is 3.21 bits per heavy atom. The number of hydrazine groups is 1. The molecule has 3 aliphatic rings. The fraction of sp³-hybridized carbons (Fsp3) is 0.267. The second-order valence-corrected chi connectivity index (χ2v) is 5.57. The van der Waals surface area contributed by atoms with Crippen molar-refractivity contribution in [3.05, 3.63) is 54.0 Å². The lowest BCUT2D eigenvalue weighted by Gasteiger charge is -2.22. The molecule has 2 aliphatic carbocycles. The molecule has 1 aromatic heterocycles. The third kappa shape index (κ3) is 1.29. The van der Waals surface area contributed by atoms with Gasteiger partial charge in [-0.25, -0.2) is 10.4 Å². The van der Waals surface area contributed by atoms with Gasteiger partial charge in [0.25, 0.3) is 0 Å². The highest BCUT2D eigenvalue weighted by Gasteiger charge is 2.41. The van der Waals surface area contributed by atoms with Gasteiger partial charge in [-0.15, -0.1) is 0 Å². The number of nitrogens with one attached hydrogen (secondary N) is 2. The second-order valence-electron chi connectivity index (χ2n) is 5.57. The van der Waals surface area contributed by atoms with Gasteiger partial charge in [0.1, 0.15) is 6.17 Å². The highest BCUT2D eigenvalue weighted by Crippen LogP contribution is 2.47. The maximum atomic E-state index is 4.49. The van der Waals surface area contributed by atoms with Gasteiger partial charge in [-0.1, -0.05) is 18.2 Å². The van der Waals surface area contributed by atoms with E-state index < -0.39 is 0 Å². The van der Waals surface area contributed by atoms with Crippen LogP contribution in [0.4, 0.5) is 0 Å². The van der Waals surface area contributed by atoms with Crippen molar-refractivity contribution in [1.29, 1.82) is 0 Å². The van der Waals surface area contributed by atoms with Gasteiger partial charge in [0.05, 0.1) is 17.4 Å². The largest absolute Gasteiger partial charge is 0.323 e. The number of nitrogens with zero attached hydrogens (tertiary/aromatic N) is 2. The first kappa shape index (κ1) is 9.81. The van der Waals surface area contributed by atoms with Gasteiger partial charge >= 0.3 is 0 Å². The Morgan fingerprint density at radius 2 is 2.21 bits per heavy atom. The van der Waals surface area contributed by atoms with Crippen molar-refractivity contribution in [3.63, 3.8) is 0 Å². The van der Waals surface area contributed by atoms with Crippen molar-refractivity contribution in [1.82, 2.24) is 20.4 Å². The van der Waals surface area contributed by atoms with E-state index in [-0.39, 0.29) is 6.17 Å². The molecule has 4 nitrogen and oxygen atoms in total. The molecule has 2 heterocycles.